The van der Waals surface area contributed by atoms with Crippen molar-refractivity contribution in [2.75, 3.05) is 0 Å². The molecule has 1 aliphatic rings. The summed E-state index contributed by atoms with van der Waals surface area (Å²) in [6.07, 6.45) is 4.70. The molecule has 0 unspecified atom stereocenters. The summed E-state index contributed by atoms with van der Waals surface area (Å²) in [6, 6.07) is 6.01. The minimum Gasteiger partial charge on any atom is -0.233 e. The zero-order valence-electron chi connectivity index (χ0n) is 10.7. The Morgan fingerprint density at radius 1 is 1.05 bits per heavy atom. The highest BCUT2D eigenvalue weighted by molar-refractivity contribution is 6.33. The normalized spacial score (nSPS) is 15.8. The van der Waals surface area contributed by atoms with Crippen molar-refractivity contribution in [3.05, 3.63) is 46.0 Å². The first-order chi connectivity index (χ1) is 9.63. The molecule has 1 fully saturated rings. The second-order valence-corrected chi connectivity index (χ2v) is 5.84. The number of rotatable bonds is 2. The predicted octanol–water partition coefficient (Wildman–Crippen LogP) is 5.25. The molecule has 1 aromatic heterocycles. The lowest BCUT2D eigenvalue weighted by atomic mass is 10.0. The minimum absolute atomic E-state index is 0.296. The summed E-state index contributed by atoms with van der Waals surface area (Å²) < 4.78 is 13.1. The van der Waals surface area contributed by atoms with Gasteiger partial charge in [-0.2, -0.15) is 0 Å². The zero-order chi connectivity index (χ0) is 14.1. The number of hydrogen-bond donors (Lipinski definition) is 0. The van der Waals surface area contributed by atoms with Crippen LogP contribution < -0.4 is 0 Å². The molecule has 2 nitrogen and oxygen atoms in total. The number of nitrogens with zero attached hydrogens (tertiary/aromatic N) is 2. The van der Waals surface area contributed by atoms with Crippen molar-refractivity contribution in [2.24, 2.45) is 0 Å². The fourth-order valence-electron chi connectivity index (χ4n) is 2.66. The van der Waals surface area contributed by atoms with Crippen LogP contribution in [0.25, 0.3) is 11.4 Å². The molecular weight excluding hydrogens is 298 g/mol. The van der Waals surface area contributed by atoms with Gasteiger partial charge in [0.2, 0.25) is 0 Å². The van der Waals surface area contributed by atoms with Crippen LogP contribution >= 0.6 is 23.2 Å². The van der Waals surface area contributed by atoms with Gasteiger partial charge in [-0.15, -0.1) is 0 Å². The molecule has 3 rings (SSSR count). The van der Waals surface area contributed by atoms with Gasteiger partial charge in [0.25, 0.3) is 0 Å². The Bertz CT molecular complexity index is 640. The maximum atomic E-state index is 13.1. The van der Waals surface area contributed by atoms with Crippen LogP contribution in [-0.2, 0) is 0 Å². The average molecular weight is 311 g/mol. The van der Waals surface area contributed by atoms with E-state index in [-0.39, 0.29) is 5.82 Å². The van der Waals surface area contributed by atoms with Crippen LogP contribution in [0.5, 0.6) is 0 Å². The smallest absolute Gasteiger partial charge is 0.162 e. The molecule has 1 aromatic carbocycles. The summed E-state index contributed by atoms with van der Waals surface area (Å²) in [4.78, 5) is 8.79. The molecule has 5 heteroatoms. The van der Waals surface area contributed by atoms with Gasteiger partial charge in [0.15, 0.2) is 5.82 Å². The standard InChI is InChI=1S/C15H13Cl2FN2/c16-12-7-10(18)5-6-11(12)15-19-13(8-14(17)20-15)9-3-1-2-4-9/h5-9H,1-4H2. The highest BCUT2D eigenvalue weighted by Crippen LogP contribution is 2.35. The first-order valence-corrected chi connectivity index (χ1v) is 7.39. The van der Waals surface area contributed by atoms with Crippen molar-refractivity contribution < 1.29 is 4.39 Å². The Balaban J connectivity index is 2.04. The summed E-state index contributed by atoms with van der Waals surface area (Å²) in [5, 5.41) is 0.696. The van der Waals surface area contributed by atoms with E-state index in [0.29, 0.717) is 27.5 Å². The topological polar surface area (TPSA) is 25.8 Å². The Labute approximate surface area is 127 Å². The van der Waals surface area contributed by atoms with Gasteiger partial charge < -0.3 is 0 Å². The third-order valence-corrected chi connectivity index (χ3v) is 4.17. The molecule has 0 radical (unpaired) electrons. The molecule has 1 heterocycles. The van der Waals surface area contributed by atoms with Crippen molar-refractivity contribution >= 4 is 23.2 Å². The lowest BCUT2D eigenvalue weighted by Crippen LogP contribution is -2.01. The molecule has 0 amide bonds. The molecule has 20 heavy (non-hydrogen) atoms. The van der Waals surface area contributed by atoms with Gasteiger partial charge in [-0.3, -0.25) is 0 Å². The van der Waals surface area contributed by atoms with Gasteiger partial charge in [-0.05, 0) is 37.1 Å². The SMILES string of the molecule is Fc1ccc(-c2nc(Cl)cc(C3CCCC3)n2)c(Cl)c1. The van der Waals surface area contributed by atoms with Gasteiger partial charge in [-0.1, -0.05) is 36.0 Å². The largest absolute Gasteiger partial charge is 0.233 e. The van der Waals surface area contributed by atoms with E-state index in [1.807, 2.05) is 6.07 Å². The zero-order valence-corrected chi connectivity index (χ0v) is 12.3. The fourth-order valence-corrected chi connectivity index (χ4v) is 3.10. The van der Waals surface area contributed by atoms with Crippen molar-refractivity contribution in [1.29, 1.82) is 0 Å². The molecule has 0 saturated heterocycles. The Morgan fingerprint density at radius 2 is 1.80 bits per heavy atom. The van der Waals surface area contributed by atoms with E-state index in [2.05, 4.69) is 9.97 Å². The van der Waals surface area contributed by atoms with Crippen LogP contribution in [0.1, 0.15) is 37.3 Å². The van der Waals surface area contributed by atoms with Crippen molar-refractivity contribution in [3.8, 4) is 11.4 Å². The number of aromatic nitrogens is 2. The van der Waals surface area contributed by atoms with E-state index in [0.717, 1.165) is 18.5 Å². The molecule has 0 bridgehead atoms. The lowest BCUT2D eigenvalue weighted by molar-refractivity contribution is 0.628. The van der Waals surface area contributed by atoms with Crippen LogP contribution in [0.15, 0.2) is 24.3 Å². The number of benzene rings is 1. The van der Waals surface area contributed by atoms with E-state index >= 15 is 0 Å². The number of halogens is 3. The van der Waals surface area contributed by atoms with Crippen LogP contribution in [0, 0.1) is 5.82 Å². The van der Waals surface area contributed by atoms with Crippen LogP contribution in [0.2, 0.25) is 10.2 Å². The average Bonchev–Trinajstić information content (AvgIpc) is 2.91. The maximum absolute atomic E-state index is 13.1. The quantitative estimate of drug-likeness (QED) is 0.708. The van der Waals surface area contributed by atoms with Gasteiger partial charge >= 0.3 is 0 Å². The highest BCUT2D eigenvalue weighted by atomic mass is 35.5. The predicted molar refractivity (Wildman–Crippen MR) is 78.7 cm³/mol. The van der Waals surface area contributed by atoms with Gasteiger partial charge in [0.05, 0.1) is 5.02 Å². The molecular formula is C15H13Cl2FN2. The molecule has 1 saturated carbocycles. The highest BCUT2D eigenvalue weighted by Gasteiger charge is 2.20. The van der Waals surface area contributed by atoms with Gasteiger partial charge in [0.1, 0.15) is 11.0 Å². The van der Waals surface area contributed by atoms with E-state index in [4.69, 9.17) is 23.2 Å². The summed E-state index contributed by atoms with van der Waals surface area (Å²) in [7, 11) is 0. The van der Waals surface area contributed by atoms with Crippen LogP contribution in [0.3, 0.4) is 0 Å². The monoisotopic (exact) mass is 310 g/mol. The summed E-state index contributed by atoms with van der Waals surface area (Å²) >= 11 is 12.2. The van der Waals surface area contributed by atoms with Crippen LogP contribution in [0.4, 0.5) is 4.39 Å². The van der Waals surface area contributed by atoms with Crippen molar-refractivity contribution in [3.63, 3.8) is 0 Å². The van der Waals surface area contributed by atoms with Gasteiger partial charge in [0, 0.05) is 17.2 Å². The Kier molecular flexibility index (Phi) is 3.90. The summed E-state index contributed by atoms with van der Waals surface area (Å²) in [5.74, 6) is 0.523. The Morgan fingerprint density at radius 3 is 2.50 bits per heavy atom. The molecule has 0 aliphatic heterocycles. The summed E-state index contributed by atoms with van der Waals surface area (Å²) in [6.45, 7) is 0. The van der Waals surface area contributed by atoms with E-state index in [9.17, 15) is 4.39 Å². The molecule has 2 aromatic rings. The fraction of sp³-hybridized carbons (Fsp3) is 0.333. The first-order valence-electron chi connectivity index (χ1n) is 6.63. The molecule has 0 spiro atoms. The molecule has 0 N–H and O–H groups in total. The summed E-state index contributed by atoms with van der Waals surface area (Å²) in [5.41, 5.74) is 1.56. The molecule has 104 valence electrons. The Hall–Kier alpha value is -1.19. The minimum atomic E-state index is -0.378. The maximum Gasteiger partial charge on any atom is 0.162 e. The van der Waals surface area contributed by atoms with E-state index < -0.39 is 0 Å². The second kappa shape index (κ2) is 5.66. The molecule has 0 atom stereocenters. The lowest BCUT2D eigenvalue weighted by Gasteiger charge is -2.11. The van der Waals surface area contributed by atoms with E-state index in [1.165, 1.54) is 25.0 Å². The third-order valence-electron chi connectivity index (χ3n) is 3.66. The van der Waals surface area contributed by atoms with Crippen LogP contribution in [-0.4, -0.2) is 9.97 Å². The van der Waals surface area contributed by atoms with Gasteiger partial charge in [-0.25, -0.2) is 14.4 Å². The van der Waals surface area contributed by atoms with Crippen molar-refractivity contribution in [2.45, 2.75) is 31.6 Å². The second-order valence-electron chi connectivity index (χ2n) is 5.04. The van der Waals surface area contributed by atoms with E-state index in [1.54, 1.807) is 6.07 Å². The third kappa shape index (κ3) is 2.79. The first kappa shape index (κ1) is 13.8. The van der Waals surface area contributed by atoms with Crippen molar-refractivity contribution in [1.82, 2.24) is 9.97 Å². The molecule has 1 aliphatic carbocycles. The number of hydrogen-bond acceptors (Lipinski definition) is 2.